The van der Waals surface area contributed by atoms with Crippen molar-refractivity contribution in [2.24, 2.45) is 5.92 Å². The van der Waals surface area contributed by atoms with E-state index in [0.29, 0.717) is 43.0 Å². The van der Waals surface area contributed by atoms with Gasteiger partial charge in [0.25, 0.3) is 0 Å². The summed E-state index contributed by atoms with van der Waals surface area (Å²) in [5.41, 5.74) is 0.192. The van der Waals surface area contributed by atoms with Crippen molar-refractivity contribution in [3.63, 3.8) is 0 Å². The number of quaternary nitrogens is 1. The summed E-state index contributed by atoms with van der Waals surface area (Å²) in [7, 11) is 2.23. The van der Waals surface area contributed by atoms with Crippen molar-refractivity contribution in [3.8, 4) is 5.75 Å². The van der Waals surface area contributed by atoms with E-state index in [1.165, 1.54) is 12.8 Å². The number of carboxylic acids is 4. The van der Waals surface area contributed by atoms with Crippen LogP contribution in [0.1, 0.15) is 68.9 Å². The number of nitrogens with zero attached hydrogens (tertiary/aromatic N) is 1. The van der Waals surface area contributed by atoms with Crippen molar-refractivity contribution in [1.82, 2.24) is 5.32 Å². The second-order valence-corrected chi connectivity index (χ2v) is 13.8. The van der Waals surface area contributed by atoms with Crippen LogP contribution in [-0.2, 0) is 31.0 Å². The van der Waals surface area contributed by atoms with Crippen molar-refractivity contribution >= 4 is 29.6 Å². The highest BCUT2D eigenvalue weighted by molar-refractivity contribution is 5.81. The molecule has 240 valence electrons. The number of aliphatic carboxylic acids is 4. The van der Waals surface area contributed by atoms with Crippen LogP contribution < -0.4 is 15.4 Å². The van der Waals surface area contributed by atoms with Gasteiger partial charge in [0, 0.05) is 43.2 Å². The lowest BCUT2D eigenvalue weighted by Gasteiger charge is -2.65. The van der Waals surface area contributed by atoms with Gasteiger partial charge in [0.15, 0.2) is 0 Å². The van der Waals surface area contributed by atoms with Gasteiger partial charge in [-0.2, -0.15) is 0 Å². The SMILES string of the molecule is C[N@+]1(CC2CC2)CC[C@]23c4c5ccc(N[C@@H](CCC(=O)O)C(=O)O)c4O[C@H]2C(N[C@@H](CCC(=O)O)C(=O)O)CC[C@@]3(O)[C@H]1C5. The highest BCUT2D eigenvalue weighted by Gasteiger charge is 2.76. The molecule has 1 saturated heterocycles. The second kappa shape index (κ2) is 10.9. The van der Waals surface area contributed by atoms with Gasteiger partial charge in [-0.05, 0) is 50.2 Å². The summed E-state index contributed by atoms with van der Waals surface area (Å²) in [5, 5.41) is 57.3. The monoisotopic (exact) mass is 616 g/mol. The average Bonchev–Trinajstić information content (AvgIpc) is 3.68. The van der Waals surface area contributed by atoms with Crippen molar-refractivity contribution in [2.75, 3.05) is 25.5 Å². The molecule has 3 aliphatic carbocycles. The predicted molar refractivity (Wildman–Crippen MR) is 155 cm³/mol. The van der Waals surface area contributed by atoms with E-state index in [0.717, 1.165) is 28.7 Å². The molecule has 1 unspecified atom stereocenters. The minimum Gasteiger partial charge on any atom is -0.485 e. The van der Waals surface area contributed by atoms with E-state index in [1.54, 1.807) is 6.07 Å². The molecule has 3 fully saturated rings. The molecule has 2 bridgehead atoms. The van der Waals surface area contributed by atoms with Crippen LogP contribution >= 0.6 is 0 Å². The summed E-state index contributed by atoms with van der Waals surface area (Å²) in [6.45, 7) is 1.78. The molecule has 0 amide bonds. The second-order valence-electron chi connectivity index (χ2n) is 13.8. The van der Waals surface area contributed by atoms with Crippen LogP contribution in [0.4, 0.5) is 5.69 Å². The molecule has 7 N–H and O–H groups in total. The number of carboxylic acid groups (broad SMARTS) is 4. The first-order valence-electron chi connectivity index (χ1n) is 15.6. The van der Waals surface area contributed by atoms with E-state index in [9.17, 15) is 39.6 Å². The third kappa shape index (κ3) is 4.89. The maximum Gasteiger partial charge on any atom is 0.326 e. The van der Waals surface area contributed by atoms with Crippen LogP contribution in [0.25, 0.3) is 0 Å². The number of benzene rings is 1. The van der Waals surface area contributed by atoms with Gasteiger partial charge < -0.3 is 40.1 Å². The molecule has 13 nitrogen and oxygen atoms in total. The smallest absolute Gasteiger partial charge is 0.326 e. The zero-order chi connectivity index (χ0) is 31.6. The molecule has 1 spiro atoms. The molecule has 44 heavy (non-hydrogen) atoms. The third-order valence-corrected chi connectivity index (χ3v) is 11.1. The number of hydrogen-bond acceptors (Lipinski definition) is 8. The first-order chi connectivity index (χ1) is 20.8. The molecule has 8 atom stereocenters. The number of likely N-dealkylation sites (tertiary alicyclic amines) is 1. The number of nitrogens with one attached hydrogen (secondary N) is 2. The van der Waals surface area contributed by atoms with E-state index in [-0.39, 0.29) is 31.7 Å². The summed E-state index contributed by atoms with van der Waals surface area (Å²) in [5.74, 6) is -3.50. The molecule has 6 rings (SSSR count). The largest absolute Gasteiger partial charge is 0.485 e. The van der Waals surface area contributed by atoms with E-state index in [2.05, 4.69) is 17.7 Å². The molecular weight excluding hydrogens is 574 g/mol. The molecule has 0 radical (unpaired) electrons. The van der Waals surface area contributed by atoms with Gasteiger partial charge in [0.1, 0.15) is 35.6 Å². The third-order valence-electron chi connectivity index (χ3n) is 11.1. The predicted octanol–water partition coefficient (Wildman–Crippen LogP) is 1.40. The standard InChI is InChI=1S/C31H41N3O10/c1-34(15-16-2-3-16)13-12-30-25-17-4-5-18(32-20(28(39)40)6-8-23(35)36)26(25)44-27(30)19(10-11-31(30,43)22(34)14-17)33-21(29(41)42)7-9-24(37)38/h4-5,16,19-22,27,32-33,43H,2-3,6-15H2,1H3,(H3-,35,36,37,38,39,40,41,42)/p+1/t19?,20-,21-,22+,27-,30-,31+,34+/m0/s1. The Kier molecular flexibility index (Phi) is 7.57. The lowest BCUT2D eigenvalue weighted by atomic mass is 9.48. The van der Waals surface area contributed by atoms with Gasteiger partial charge in [0.2, 0.25) is 0 Å². The molecular formula is C31H42N3O10+. The van der Waals surface area contributed by atoms with Crippen molar-refractivity contribution in [3.05, 3.63) is 23.3 Å². The average molecular weight is 617 g/mol. The topological polar surface area (TPSA) is 203 Å². The Bertz CT molecular complexity index is 1380. The first kappa shape index (κ1) is 30.6. The lowest BCUT2D eigenvalue weighted by molar-refractivity contribution is -0.950. The summed E-state index contributed by atoms with van der Waals surface area (Å²) in [6, 6.07) is 0.776. The number of likely N-dealkylation sites (N-methyl/N-ethyl adjacent to an activating group) is 1. The number of rotatable bonds is 14. The molecule has 1 aromatic carbocycles. The number of piperidine rings is 1. The van der Waals surface area contributed by atoms with E-state index >= 15 is 0 Å². The van der Waals surface area contributed by atoms with Gasteiger partial charge in [-0.3, -0.25) is 19.7 Å². The van der Waals surface area contributed by atoms with Gasteiger partial charge in [0.05, 0.1) is 31.2 Å². The van der Waals surface area contributed by atoms with Crippen LogP contribution in [0.5, 0.6) is 5.75 Å². The fourth-order valence-corrected chi connectivity index (χ4v) is 8.97. The maximum absolute atomic E-state index is 12.9. The van der Waals surface area contributed by atoms with Crippen LogP contribution in [0.15, 0.2) is 12.1 Å². The molecule has 5 aliphatic rings. The zero-order valence-electron chi connectivity index (χ0n) is 24.8. The Hall–Kier alpha value is -3.42. The van der Waals surface area contributed by atoms with Gasteiger partial charge in [-0.1, -0.05) is 6.07 Å². The number of anilines is 1. The number of hydrogen-bond donors (Lipinski definition) is 7. The minimum absolute atomic E-state index is 0.106. The van der Waals surface area contributed by atoms with Crippen LogP contribution in [0, 0.1) is 5.92 Å². The quantitative estimate of drug-likeness (QED) is 0.148. The normalized spacial score (nSPS) is 34.3. The van der Waals surface area contributed by atoms with Crippen LogP contribution in [0.2, 0.25) is 0 Å². The number of aliphatic hydroxyl groups is 1. The van der Waals surface area contributed by atoms with Gasteiger partial charge >= 0.3 is 23.9 Å². The Morgan fingerprint density at radius 1 is 0.977 bits per heavy atom. The fourth-order valence-electron chi connectivity index (χ4n) is 8.97. The van der Waals surface area contributed by atoms with Crippen molar-refractivity contribution in [1.29, 1.82) is 0 Å². The fraction of sp³-hybridized carbons (Fsp3) is 0.677. The molecule has 0 aromatic heterocycles. The molecule has 2 aliphatic heterocycles. The molecule has 2 saturated carbocycles. The maximum atomic E-state index is 12.9. The van der Waals surface area contributed by atoms with Crippen molar-refractivity contribution < 1.29 is 53.9 Å². The lowest BCUT2D eigenvalue weighted by Crippen LogP contribution is -2.82. The summed E-state index contributed by atoms with van der Waals surface area (Å²) >= 11 is 0. The molecule has 2 heterocycles. The number of ether oxygens (including phenoxy) is 1. The highest BCUT2D eigenvalue weighted by atomic mass is 16.5. The van der Waals surface area contributed by atoms with Gasteiger partial charge in [-0.15, -0.1) is 0 Å². The Morgan fingerprint density at radius 3 is 2.25 bits per heavy atom. The van der Waals surface area contributed by atoms with E-state index < -0.39 is 59.1 Å². The Labute approximate surface area is 254 Å². The molecule has 13 heteroatoms. The zero-order valence-corrected chi connectivity index (χ0v) is 24.8. The van der Waals surface area contributed by atoms with Crippen molar-refractivity contribution in [2.45, 2.75) is 105 Å². The van der Waals surface area contributed by atoms with Crippen LogP contribution in [-0.4, -0.2) is 110 Å². The Morgan fingerprint density at radius 2 is 1.64 bits per heavy atom. The molecule has 1 aromatic rings. The van der Waals surface area contributed by atoms with E-state index in [1.807, 2.05) is 6.07 Å². The summed E-state index contributed by atoms with van der Waals surface area (Å²) in [6.07, 6.45) is 2.83. The minimum atomic E-state index is -1.20. The highest BCUT2D eigenvalue weighted by Crippen LogP contribution is 2.66. The van der Waals surface area contributed by atoms with Crippen LogP contribution in [0.3, 0.4) is 0 Å². The number of carbonyl (C=O) groups is 4. The summed E-state index contributed by atoms with van der Waals surface area (Å²) < 4.78 is 7.50. The van der Waals surface area contributed by atoms with E-state index in [4.69, 9.17) is 9.84 Å². The first-order valence-corrected chi connectivity index (χ1v) is 15.6. The Balaban J connectivity index is 1.42. The van der Waals surface area contributed by atoms with Gasteiger partial charge in [-0.25, -0.2) is 4.79 Å². The summed E-state index contributed by atoms with van der Waals surface area (Å²) in [4.78, 5) is 46.7.